The second-order valence-electron chi connectivity index (χ2n) is 8.27. The number of ether oxygens (including phenoxy) is 2. The van der Waals surface area contributed by atoms with Crippen molar-refractivity contribution in [1.29, 1.82) is 0 Å². The molecule has 1 aromatic carbocycles. The molecule has 0 radical (unpaired) electrons. The predicted molar refractivity (Wildman–Crippen MR) is 119 cm³/mol. The Balaban J connectivity index is 1.65. The largest absolute Gasteiger partial charge is 0.494 e. The topological polar surface area (TPSA) is 80.8 Å². The number of aryl methyl sites for hydroxylation is 1. The highest BCUT2D eigenvalue weighted by atomic mass is 19.4. The monoisotopic (exact) mass is 479 g/mol. The number of fused-ring (bicyclic) bond motifs is 1. The summed E-state index contributed by atoms with van der Waals surface area (Å²) in [5.41, 5.74) is 2.39. The fourth-order valence-electron chi connectivity index (χ4n) is 3.84. The second kappa shape index (κ2) is 11.2. The van der Waals surface area contributed by atoms with Gasteiger partial charge < -0.3 is 19.7 Å². The van der Waals surface area contributed by atoms with Gasteiger partial charge in [0.25, 0.3) is 0 Å². The zero-order valence-electron chi connectivity index (χ0n) is 19.2. The Kier molecular flexibility index (Phi) is 8.36. The zero-order valence-corrected chi connectivity index (χ0v) is 19.2. The van der Waals surface area contributed by atoms with Gasteiger partial charge in [0.05, 0.1) is 26.1 Å². The van der Waals surface area contributed by atoms with E-state index >= 15 is 0 Å². The maximum atomic E-state index is 13.1. The number of aromatic nitrogens is 1. The van der Waals surface area contributed by atoms with Crippen LogP contribution in [0.3, 0.4) is 0 Å². The van der Waals surface area contributed by atoms with Crippen LogP contribution in [0.5, 0.6) is 5.75 Å². The second-order valence-corrected chi connectivity index (χ2v) is 8.27. The molecule has 2 heterocycles. The molecule has 3 rings (SSSR count). The molecule has 1 N–H and O–H groups in total. The van der Waals surface area contributed by atoms with Gasteiger partial charge in [-0.05, 0) is 60.7 Å². The van der Waals surface area contributed by atoms with Gasteiger partial charge in [0, 0.05) is 19.3 Å². The number of carbonyl (C=O) groups is 2. The van der Waals surface area contributed by atoms with Crippen LogP contribution in [0.4, 0.5) is 19.0 Å². The van der Waals surface area contributed by atoms with E-state index in [-0.39, 0.29) is 19.4 Å². The Bertz CT molecular complexity index is 1010. The Labute approximate surface area is 196 Å². The van der Waals surface area contributed by atoms with Crippen LogP contribution in [0.25, 0.3) is 0 Å². The molecule has 10 heteroatoms. The van der Waals surface area contributed by atoms with Crippen molar-refractivity contribution in [2.75, 3.05) is 32.1 Å². The maximum absolute atomic E-state index is 13.1. The number of amides is 1. The molecule has 1 aliphatic heterocycles. The zero-order chi connectivity index (χ0) is 24.7. The van der Waals surface area contributed by atoms with Crippen molar-refractivity contribution < 1.29 is 32.2 Å². The predicted octanol–water partition coefficient (Wildman–Crippen LogP) is 3.90. The average Bonchev–Trinajstić information content (AvgIpc) is 2.89. The van der Waals surface area contributed by atoms with Crippen LogP contribution in [-0.2, 0) is 27.3 Å². The van der Waals surface area contributed by atoms with Crippen molar-refractivity contribution >= 4 is 17.7 Å². The lowest BCUT2D eigenvalue weighted by Crippen LogP contribution is -2.41. The van der Waals surface area contributed by atoms with Gasteiger partial charge in [-0.1, -0.05) is 6.07 Å². The van der Waals surface area contributed by atoms with Gasteiger partial charge in [0.15, 0.2) is 0 Å². The minimum atomic E-state index is -4.55. The summed E-state index contributed by atoms with van der Waals surface area (Å²) < 4.78 is 49.8. The first-order valence-electron chi connectivity index (χ1n) is 11.0. The van der Waals surface area contributed by atoms with Crippen molar-refractivity contribution in [3.63, 3.8) is 0 Å². The van der Waals surface area contributed by atoms with E-state index in [1.807, 2.05) is 19.1 Å². The molecule has 184 valence electrons. The summed E-state index contributed by atoms with van der Waals surface area (Å²) in [7, 11) is 1.18. The minimum Gasteiger partial charge on any atom is -0.494 e. The number of anilines is 1. The van der Waals surface area contributed by atoms with E-state index in [0.717, 1.165) is 16.3 Å². The van der Waals surface area contributed by atoms with Crippen LogP contribution in [0, 0.1) is 12.8 Å². The number of hydrogen-bond donors (Lipinski definition) is 1. The van der Waals surface area contributed by atoms with Crippen molar-refractivity contribution in [2.45, 2.75) is 38.9 Å². The van der Waals surface area contributed by atoms with E-state index in [4.69, 9.17) is 4.74 Å². The third-order valence-electron chi connectivity index (χ3n) is 5.49. The number of esters is 1. The summed E-state index contributed by atoms with van der Waals surface area (Å²) in [6, 6.07) is 8.99. The Morgan fingerprint density at radius 2 is 2.03 bits per heavy atom. The third-order valence-corrected chi connectivity index (χ3v) is 5.49. The Hall–Kier alpha value is -3.30. The number of nitrogens with zero attached hydrogens (tertiary/aromatic N) is 2. The molecule has 2 aromatic rings. The number of benzene rings is 1. The molecule has 1 unspecified atom stereocenters. The number of alkyl halides is 3. The molecule has 1 aliphatic rings. The standard InChI is InChI=1S/C24H28F3N3O4/c1-16-6-8-29-21(10-16)28-7-3-9-34-20-5-4-17-11-18(13-22(31)33-2)23(32)30(14-19(17)12-20)15-24(25,26)27/h4-6,8,10,12,18H,3,7,9,11,13-15H2,1-2H3,(H,28,29). The van der Waals surface area contributed by atoms with Crippen LogP contribution >= 0.6 is 0 Å². The molecule has 1 aromatic heterocycles. The number of carbonyl (C=O) groups excluding carboxylic acids is 2. The Morgan fingerprint density at radius 1 is 1.24 bits per heavy atom. The van der Waals surface area contributed by atoms with E-state index in [1.54, 1.807) is 24.4 Å². The average molecular weight is 479 g/mol. The van der Waals surface area contributed by atoms with Crippen molar-refractivity contribution in [3.05, 3.63) is 53.2 Å². The van der Waals surface area contributed by atoms with Gasteiger partial charge in [0.1, 0.15) is 18.1 Å². The number of halogens is 3. The number of hydrogen-bond acceptors (Lipinski definition) is 6. The van der Waals surface area contributed by atoms with E-state index < -0.39 is 30.5 Å². The molecule has 34 heavy (non-hydrogen) atoms. The van der Waals surface area contributed by atoms with Crippen molar-refractivity contribution in [1.82, 2.24) is 9.88 Å². The molecule has 1 amide bonds. The molecule has 0 saturated heterocycles. The lowest BCUT2D eigenvalue weighted by atomic mass is 9.94. The van der Waals surface area contributed by atoms with E-state index in [9.17, 15) is 22.8 Å². The van der Waals surface area contributed by atoms with Crippen LogP contribution in [0.2, 0.25) is 0 Å². The molecular formula is C24H28F3N3O4. The van der Waals surface area contributed by atoms with Gasteiger partial charge in [-0.25, -0.2) is 4.98 Å². The highest BCUT2D eigenvalue weighted by molar-refractivity contribution is 5.84. The van der Waals surface area contributed by atoms with Gasteiger partial charge in [-0.3, -0.25) is 9.59 Å². The summed E-state index contributed by atoms with van der Waals surface area (Å²) in [5, 5.41) is 3.21. The summed E-state index contributed by atoms with van der Waals surface area (Å²) >= 11 is 0. The molecule has 0 aliphatic carbocycles. The number of rotatable bonds is 9. The van der Waals surface area contributed by atoms with E-state index in [0.29, 0.717) is 36.4 Å². The molecule has 0 spiro atoms. The molecule has 0 bridgehead atoms. The number of pyridine rings is 1. The Morgan fingerprint density at radius 3 is 2.74 bits per heavy atom. The summed E-state index contributed by atoms with van der Waals surface area (Å²) in [4.78, 5) is 29.5. The number of nitrogens with one attached hydrogen (secondary N) is 1. The summed E-state index contributed by atoms with van der Waals surface area (Å²) in [5.74, 6) is -0.969. The normalized spacial score (nSPS) is 16.0. The first-order valence-corrected chi connectivity index (χ1v) is 11.0. The van der Waals surface area contributed by atoms with Crippen LogP contribution in [0.15, 0.2) is 36.5 Å². The quantitative estimate of drug-likeness (QED) is 0.434. The molecular weight excluding hydrogens is 451 g/mol. The van der Waals surface area contributed by atoms with Crippen LogP contribution < -0.4 is 10.1 Å². The summed E-state index contributed by atoms with van der Waals surface area (Å²) in [6.07, 6.45) is -2.25. The van der Waals surface area contributed by atoms with E-state index in [2.05, 4.69) is 15.0 Å². The lowest BCUT2D eigenvalue weighted by Gasteiger charge is -2.25. The number of methoxy groups -OCH3 is 1. The van der Waals surface area contributed by atoms with E-state index in [1.165, 1.54) is 7.11 Å². The van der Waals surface area contributed by atoms with Gasteiger partial charge in [-0.15, -0.1) is 0 Å². The first kappa shape index (κ1) is 25.3. The maximum Gasteiger partial charge on any atom is 0.406 e. The minimum absolute atomic E-state index is 0.158. The SMILES string of the molecule is COC(=O)CC1Cc2ccc(OCCCNc3cc(C)ccn3)cc2CN(CC(F)(F)F)C1=O. The molecule has 0 fully saturated rings. The fourth-order valence-corrected chi connectivity index (χ4v) is 3.84. The first-order chi connectivity index (χ1) is 16.1. The smallest absolute Gasteiger partial charge is 0.406 e. The van der Waals surface area contributed by atoms with Crippen LogP contribution in [0.1, 0.15) is 29.5 Å². The molecule has 0 saturated carbocycles. The fraction of sp³-hybridized carbons (Fsp3) is 0.458. The lowest BCUT2D eigenvalue weighted by molar-refractivity contribution is -0.165. The van der Waals surface area contributed by atoms with Crippen molar-refractivity contribution in [2.24, 2.45) is 5.92 Å². The third kappa shape index (κ3) is 7.36. The van der Waals surface area contributed by atoms with Gasteiger partial charge in [-0.2, -0.15) is 13.2 Å². The highest BCUT2D eigenvalue weighted by Gasteiger charge is 2.38. The van der Waals surface area contributed by atoms with Gasteiger partial charge >= 0.3 is 12.1 Å². The highest BCUT2D eigenvalue weighted by Crippen LogP contribution is 2.30. The van der Waals surface area contributed by atoms with Crippen molar-refractivity contribution in [3.8, 4) is 5.75 Å². The molecule has 1 atom stereocenters. The molecule has 7 nitrogen and oxygen atoms in total. The summed E-state index contributed by atoms with van der Waals surface area (Å²) in [6.45, 7) is 1.43. The van der Waals surface area contributed by atoms with Gasteiger partial charge in [0.2, 0.25) is 5.91 Å². The van der Waals surface area contributed by atoms with Crippen LogP contribution in [-0.4, -0.2) is 54.7 Å².